The fraction of sp³-hybridized carbons (Fsp3) is 0.176. The van der Waals surface area contributed by atoms with Gasteiger partial charge >= 0.3 is 0 Å². The van der Waals surface area contributed by atoms with Gasteiger partial charge in [0.05, 0.1) is 12.1 Å². The average Bonchev–Trinajstić information content (AvgIpc) is 3.11. The number of rotatable bonds is 7. The maximum absolute atomic E-state index is 12.3. The summed E-state index contributed by atoms with van der Waals surface area (Å²) >= 11 is 5.93. The maximum atomic E-state index is 12.3. The molecule has 1 heterocycles. The second-order valence-electron chi connectivity index (χ2n) is 5.32. The molecule has 0 aliphatic carbocycles. The minimum atomic E-state index is -3.70. The molecule has 0 fully saturated rings. The summed E-state index contributed by atoms with van der Waals surface area (Å²) in [7, 11) is -2.11. The molecule has 0 amide bonds. The van der Waals surface area contributed by atoms with Crippen molar-refractivity contribution in [2.45, 2.75) is 11.3 Å². The van der Waals surface area contributed by atoms with Gasteiger partial charge in [-0.2, -0.15) is 4.98 Å². The lowest BCUT2D eigenvalue weighted by Crippen LogP contribution is -2.26. The van der Waals surface area contributed by atoms with Crippen molar-refractivity contribution in [3.05, 3.63) is 59.4 Å². The molecule has 0 saturated heterocycles. The standard InChI is InChI=1S/C17H16ClN3O4S/c1-24-13-8-6-12(7-9-13)17-20-16(25-21-17)10-11-19-26(22,23)15-5-3-2-4-14(15)18/h2-9,19H,10-11H2,1H3. The second kappa shape index (κ2) is 7.86. The third-order valence-electron chi connectivity index (χ3n) is 3.57. The number of hydrogen-bond donors (Lipinski definition) is 1. The van der Waals surface area contributed by atoms with Crippen molar-refractivity contribution in [2.75, 3.05) is 13.7 Å². The highest BCUT2D eigenvalue weighted by molar-refractivity contribution is 7.89. The van der Waals surface area contributed by atoms with Gasteiger partial charge in [0.15, 0.2) is 0 Å². The summed E-state index contributed by atoms with van der Waals surface area (Å²) in [6, 6.07) is 13.5. The van der Waals surface area contributed by atoms with Crippen LogP contribution in [0.1, 0.15) is 5.89 Å². The van der Waals surface area contributed by atoms with Gasteiger partial charge in [0.25, 0.3) is 0 Å². The van der Waals surface area contributed by atoms with E-state index in [4.69, 9.17) is 20.9 Å². The quantitative estimate of drug-likeness (QED) is 0.663. The molecule has 0 aliphatic rings. The van der Waals surface area contributed by atoms with E-state index in [1.807, 2.05) is 12.1 Å². The number of halogens is 1. The number of nitrogens with one attached hydrogen (secondary N) is 1. The van der Waals surface area contributed by atoms with E-state index < -0.39 is 10.0 Å². The predicted octanol–water partition coefficient (Wildman–Crippen LogP) is 2.92. The van der Waals surface area contributed by atoms with Crippen LogP contribution < -0.4 is 9.46 Å². The first kappa shape index (κ1) is 18.4. The monoisotopic (exact) mass is 393 g/mol. The van der Waals surface area contributed by atoms with Crippen LogP contribution in [0.5, 0.6) is 5.75 Å². The van der Waals surface area contributed by atoms with Crippen LogP contribution in [-0.4, -0.2) is 32.2 Å². The average molecular weight is 394 g/mol. The molecular weight excluding hydrogens is 378 g/mol. The number of aromatic nitrogens is 2. The molecule has 26 heavy (non-hydrogen) atoms. The van der Waals surface area contributed by atoms with Gasteiger partial charge in [-0.1, -0.05) is 28.9 Å². The van der Waals surface area contributed by atoms with Crippen LogP contribution in [0, 0.1) is 0 Å². The van der Waals surface area contributed by atoms with Gasteiger partial charge in [-0.15, -0.1) is 0 Å². The van der Waals surface area contributed by atoms with Crippen molar-refractivity contribution in [3.8, 4) is 17.1 Å². The zero-order chi connectivity index (χ0) is 18.6. The lowest BCUT2D eigenvalue weighted by Gasteiger charge is -2.06. The van der Waals surface area contributed by atoms with E-state index in [0.717, 1.165) is 11.3 Å². The summed E-state index contributed by atoms with van der Waals surface area (Å²) in [5.41, 5.74) is 0.775. The van der Waals surface area contributed by atoms with Gasteiger partial charge in [0.1, 0.15) is 10.6 Å². The van der Waals surface area contributed by atoms with Gasteiger partial charge < -0.3 is 9.26 Å². The van der Waals surface area contributed by atoms with E-state index in [1.165, 1.54) is 12.1 Å². The first-order valence-corrected chi connectivity index (χ1v) is 9.57. The number of sulfonamides is 1. The molecule has 0 radical (unpaired) electrons. The Morgan fingerprint density at radius 1 is 1.15 bits per heavy atom. The first-order chi connectivity index (χ1) is 12.5. The molecule has 1 N–H and O–H groups in total. The Kier molecular flexibility index (Phi) is 5.55. The second-order valence-corrected chi connectivity index (χ2v) is 7.46. The molecule has 0 spiro atoms. The number of hydrogen-bond acceptors (Lipinski definition) is 6. The molecule has 0 unspecified atom stereocenters. The fourth-order valence-electron chi connectivity index (χ4n) is 2.25. The molecule has 9 heteroatoms. The molecular formula is C17H16ClN3O4S. The Bertz CT molecular complexity index is 987. The Labute approximate surface area is 156 Å². The fourth-order valence-corrected chi connectivity index (χ4v) is 3.80. The normalized spacial score (nSPS) is 11.5. The lowest BCUT2D eigenvalue weighted by atomic mass is 10.2. The lowest BCUT2D eigenvalue weighted by molar-refractivity contribution is 0.379. The third kappa shape index (κ3) is 4.21. The van der Waals surface area contributed by atoms with E-state index in [9.17, 15) is 8.42 Å². The van der Waals surface area contributed by atoms with Gasteiger partial charge in [0.2, 0.25) is 21.7 Å². The molecule has 2 aromatic carbocycles. The molecule has 1 aromatic heterocycles. The minimum Gasteiger partial charge on any atom is -0.497 e. The van der Waals surface area contributed by atoms with Gasteiger partial charge in [-0.25, -0.2) is 13.1 Å². The van der Waals surface area contributed by atoms with E-state index in [2.05, 4.69) is 14.9 Å². The molecule has 3 aromatic rings. The van der Waals surface area contributed by atoms with Gasteiger partial charge in [-0.05, 0) is 36.4 Å². The van der Waals surface area contributed by atoms with Crippen LogP contribution in [0.4, 0.5) is 0 Å². The summed E-state index contributed by atoms with van der Waals surface area (Å²) in [5, 5.41) is 4.07. The van der Waals surface area contributed by atoms with Crippen molar-refractivity contribution >= 4 is 21.6 Å². The summed E-state index contributed by atoms with van der Waals surface area (Å²) in [4.78, 5) is 4.30. The topological polar surface area (TPSA) is 94.3 Å². The van der Waals surface area contributed by atoms with Crippen LogP contribution in [-0.2, 0) is 16.4 Å². The number of benzene rings is 2. The number of nitrogens with zero attached hydrogens (tertiary/aromatic N) is 2. The first-order valence-electron chi connectivity index (χ1n) is 7.71. The highest BCUT2D eigenvalue weighted by atomic mass is 35.5. The molecule has 0 atom stereocenters. The van der Waals surface area contributed by atoms with Crippen LogP contribution >= 0.6 is 11.6 Å². The van der Waals surface area contributed by atoms with E-state index >= 15 is 0 Å². The zero-order valence-electron chi connectivity index (χ0n) is 13.8. The highest BCUT2D eigenvalue weighted by Crippen LogP contribution is 2.21. The SMILES string of the molecule is COc1ccc(-c2noc(CCNS(=O)(=O)c3ccccc3Cl)n2)cc1. The summed E-state index contributed by atoms with van der Waals surface area (Å²) in [5.74, 6) is 1.49. The molecule has 3 rings (SSSR count). The molecule has 0 aliphatic heterocycles. The smallest absolute Gasteiger partial charge is 0.242 e. The summed E-state index contributed by atoms with van der Waals surface area (Å²) in [6.07, 6.45) is 0.257. The molecule has 0 bridgehead atoms. The minimum absolute atomic E-state index is 0.0334. The molecule has 136 valence electrons. The van der Waals surface area contributed by atoms with Crippen molar-refractivity contribution < 1.29 is 17.7 Å². The van der Waals surface area contributed by atoms with Gasteiger partial charge in [0, 0.05) is 18.5 Å². The van der Waals surface area contributed by atoms with Crippen molar-refractivity contribution in [1.29, 1.82) is 0 Å². The van der Waals surface area contributed by atoms with Crippen LogP contribution in [0.25, 0.3) is 11.4 Å². The Morgan fingerprint density at radius 3 is 2.58 bits per heavy atom. The van der Waals surface area contributed by atoms with Crippen LogP contribution in [0.2, 0.25) is 5.02 Å². The Balaban J connectivity index is 1.62. The highest BCUT2D eigenvalue weighted by Gasteiger charge is 2.17. The summed E-state index contributed by atoms with van der Waals surface area (Å²) < 4.78 is 37.3. The van der Waals surface area contributed by atoms with E-state index in [1.54, 1.807) is 31.4 Å². The zero-order valence-corrected chi connectivity index (χ0v) is 15.4. The van der Waals surface area contributed by atoms with Crippen LogP contribution in [0.15, 0.2) is 57.9 Å². The summed E-state index contributed by atoms with van der Waals surface area (Å²) in [6.45, 7) is 0.109. The Hall–Kier alpha value is -2.42. The molecule has 7 nitrogen and oxygen atoms in total. The predicted molar refractivity (Wildman–Crippen MR) is 96.6 cm³/mol. The number of ether oxygens (including phenoxy) is 1. The largest absolute Gasteiger partial charge is 0.497 e. The van der Waals surface area contributed by atoms with Crippen molar-refractivity contribution in [3.63, 3.8) is 0 Å². The Morgan fingerprint density at radius 2 is 1.88 bits per heavy atom. The van der Waals surface area contributed by atoms with Crippen LogP contribution in [0.3, 0.4) is 0 Å². The van der Waals surface area contributed by atoms with Crippen molar-refractivity contribution in [1.82, 2.24) is 14.9 Å². The maximum Gasteiger partial charge on any atom is 0.242 e. The van der Waals surface area contributed by atoms with E-state index in [-0.39, 0.29) is 22.9 Å². The third-order valence-corrected chi connectivity index (χ3v) is 5.53. The number of methoxy groups -OCH3 is 1. The van der Waals surface area contributed by atoms with Gasteiger partial charge in [-0.3, -0.25) is 0 Å². The van der Waals surface area contributed by atoms with E-state index in [0.29, 0.717) is 11.7 Å². The van der Waals surface area contributed by atoms with Crippen molar-refractivity contribution in [2.24, 2.45) is 0 Å². The molecule has 0 saturated carbocycles.